The van der Waals surface area contributed by atoms with Crippen molar-refractivity contribution in [3.63, 3.8) is 0 Å². The van der Waals surface area contributed by atoms with Gasteiger partial charge in [0.1, 0.15) is 11.5 Å². The fourth-order valence-corrected chi connectivity index (χ4v) is 2.16. The molecule has 0 aliphatic rings. The van der Waals surface area contributed by atoms with E-state index in [1.807, 2.05) is 43.3 Å². The summed E-state index contributed by atoms with van der Waals surface area (Å²) < 4.78 is 5.42. The van der Waals surface area contributed by atoms with Gasteiger partial charge in [0, 0.05) is 5.69 Å². The van der Waals surface area contributed by atoms with E-state index in [1.54, 1.807) is 0 Å². The summed E-state index contributed by atoms with van der Waals surface area (Å²) >= 11 is 0. The van der Waals surface area contributed by atoms with Gasteiger partial charge in [0.15, 0.2) is 0 Å². The number of para-hydroxylation sites is 1. The molecule has 2 amide bonds. The topological polar surface area (TPSA) is 54.3 Å². The van der Waals surface area contributed by atoms with Gasteiger partial charge in [-0.1, -0.05) is 39.0 Å². The van der Waals surface area contributed by atoms with Crippen molar-refractivity contribution >= 4 is 11.7 Å². The number of benzene rings is 1. The number of anilines is 1. The van der Waals surface area contributed by atoms with Crippen LogP contribution in [0.1, 0.15) is 37.9 Å². The Bertz CT molecular complexity index is 624. The zero-order chi connectivity index (χ0) is 15.5. The molecule has 1 heterocycles. The number of aryl methyl sites for hydroxylation is 1. The highest BCUT2D eigenvalue weighted by Crippen LogP contribution is 2.29. The van der Waals surface area contributed by atoms with Crippen LogP contribution in [-0.4, -0.2) is 6.03 Å². The van der Waals surface area contributed by atoms with Gasteiger partial charge in [-0.2, -0.15) is 0 Å². The second kappa shape index (κ2) is 6.04. The minimum atomic E-state index is -0.235. The Morgan fingerprint density at radius 3 is 2.48 bits per heavy atom. The van der Waals surface area contributed by atoms with Gasteiger partial charge in [0.2, 0.25) is 0 Å². The Morgan fingerprint density at radius 2 is 1.86 bits per heavy atom. The van der Waals surface area contributed by atoms with Crippen LogP contribution >= 0.6 is 0 Å². The molecule has 112 valence electrons. The first-order valence-corrected chi connectivity index (χ1v) is 7.06. The highest BCUT2D eigenvalue weighted by molar-refractivity contribution is 5.90. The molecule has 2 rings (SSSR count). The number of hydrogen-bond acceptors (Lipinski definition) is 2. The van der Waals surface area contributed by atoms with Crippen molar-refractivity contribution in [3.05, 3.63) is 53.5 Å². The van der Waals surface area contributed by atoms with E-state index in [0.29, 0.717) is 6.54 Å². The number of hydrogen-bond donors (Lipinski definition) is 2. The van der Waals surface area contributed by atoms with Gasteiger partial charge in [-0.3, -0.25) is 0 Å². The highest BCUT2D eigenvalue weighted by Gasteiger charge is 2.18. The van der Waals surface area contributed by atoms with Gasteiger partial charge < -0.3 is 15.1 Å². The Morgan fingerprint density at radius 1 is 1.14 bits per heavy atom. The van der Waals surface area contributed by atoms with Crippen LogP contribution < -0.4 is 10.6 Å². The van der Waals surface area contributed by atoms with Crippen molar-refractivity contribution in [2.24, 2.45) is 0 Å². The summed E-state index contributed by atoms with van der Waals surface area (Å²) in [7, 11) is 0. The molecule has 0 saturated heterocycles. The number of amides is 2. The van der Waals surface area contributed by atoms with Crippen LogP contribution in [-0.2, 0) is 12.0 Å². The van der Waals surface area contributed by atoms with E-state index in [0.717, 1.165) is 22.8 Å². The van der Waals surface area contributed by atoms with Crippen LogP contribution in [0.2, 0.25) is 0 Å². The smallest absolute Gasteiger partial charge is 0.319 e. The molecule has 0 radical (unpaired) electrons. The molecule has 4 nitrogen and oxygen atoms in total. The van der Waals surface area contributed by atoms with Gasteiger partial charge in [-0.05, 0) is 36.1 Å². The summed E-state index contributed by atoms with van der Waals surface area (Å²) in [5, 5.41) is 5.70. The second-order valence-electron chi connectivity index (χ2n) is 6.12. The largest absolute Gasteiger partial charge is 0.465 e. The Labute approximate surface area is 125 Å². The monoisotopic (exact) mass is 286 g/mol. The minimum Gasteiger partial charge on any atom is -0.465 e. The molecule has 0 saturated carbocycles. The molecule has 2 N–H and O–H groups in total. The normalized spacial score (nSPS) is 11.2. The summed E-state index contributed by atoms with van der Waals surface area (Å²) in [4.78, 5) is 12.0. The zero-order valence-corrected chi connectivity index (χ0v) is 13.0. The molecule has 0 unspecified atom stereocenters. The molecule has 4 heteroatoms. The first kappa shape index (κ1) is 15.2. The molecule has 0 aliphatic carbocycles. The lowest BCUT2D eigenvalue weighted by Gasteiger charge is -2.23. The van der Waals surface area contributed by atoms with Crippen molar-refractivity contribution in [3.8, 4) is 0 Å². The molecule has 1 aromatic heterocycles. The average Bonchev–Trinajstić information content (AvgIpc) is 2.82. The predicted octanol–water partition coefficient (Wildman–Crippen LogP) is 4.21. The first-order chi connectivity index (χ1) is 9.86. The van der Waals surface area contributed by atoms with Crippen LogP contribution in [0, 0.1) is 6.92 Å². The summed E-state index contributed by atoms with van der Waals surface area (Å²) in [6, 6.07) is 11.3. The third-order valence-corrected chi connectivity index (χ3v) is 3.20. The van der Waals surface area contributed by atoms with Crippen molar-refractivity contribution < 1.29 is 9.21 Å². The number of urea groups is 1. The number of carbonyl (C=O) groups excluding carboxylic acids is 1. The number of carbonyl (C=O) groups is 1. The fraction of sp³-hybridized carbons (Fsp3) is 0.353. The molecule has 0 atom stereocenters. The maximum Gasteiger partial charge on any atom is 0.319 e. The number of furan rings is 1. The molecule has 0 aliphatic heterocycles. The molecule has 21 heavy (non-hydrogen) atoms. The van der Waals surface area contributed by atoms with Crippen molar-refractivity contribution in [1.82, 2.24) is 5.32 Å². The summed E-state index contributed by atoms with van der Waals surface area (Å²) in [5.74, 6) is 1.58. The second-order valence-corrected chi connectivity index (χ2v) is 6.12. The fourth-order valence-electron chi connectivity index (χ4n) is 2.16. The lowest BCUT2D eigenvalue weighted by atomic mass is 9.86. The van der Waals surface area contributed by atoms with E-state index in [-0.39, 0.29) is 11.4 Å². The van der Waals surface area contributed by atoms with Crippen LogP contribution in [0.15, 0.2) is 40.8 Å². The predicted molar refractivity (Wildman–Crippen MR) is 84.4 cm³/mol. The van der Waals surface area contributed by atoms with Gasteiger partial charge in [-0.25, -0.2) is 4.79 Å². The standard InChI is InChI=1S/C17H22N2O2/c1-12-9-10-13(21-12)11-18-16(20)19-15-8-6-5-7-14(15)17(2,3)4/h5-10H,11H2,1-4H3,(H2,18,19,20). The van der Waals surface area contributed by atoms with Crippen molar-refractivity contribution in [1.29, 1.82) is 0 Å². The maximum atomic E-state index is 12.0. The zero-order valence-electron chi connectivity index (χ0n) is 13.0. The maximum absolute atomic E-state index is 12.0. The SMILES string of the molecule is Cc1ccc(CNC(=O)Nc2ccccc2C(C)(C)C)o1. The minimum absolute atomic E-state index is 0.0258. The molecule has 0 fully saturated rings. The third-order valence-electron chi connectivity index (χ3n) is 3.20. The quantitative estimate of drug-likeness (QED) is 0.888. The lowest BCUT2D eigenvalue weighted by Crippen LogP contribution is -2.29. The van der Waals surface area contributed by atoms with Crippen LogP contribution in [0.25, 0.3) is 0 Å². The first-order valence-electron chi connectivity index (χ1n) is 7.06. The number of rotatable bonds is 3. The van der Waals surface area contributed by atoms with Gasteiger partial charge in [0.05, 0.1) is 6.54 Å². The van der Waals surface area contributed by atoms with E-state index < -0.39 is 0 Å². The van der Waals surface area contributed by atoms with Gasteiger partial charge in [0.25, 0.3) is 0 Å². The van der Waals surface area contributed by atoms with Crippen LogP contribution in [0.3, 0.4) is 0 Å². The Balaban J connectivity index is 2.00. The van der Waals surface area contributed by atoms with Gasteiger partial charge >= 0.3 is 6.03 Å². The van der Waals surface area contributed by atoms with Crippen molar-refractivity contribution in [2.45, 2.75) is 39.7 Å². The van der Waals surface area contributed by atoms with Crippen LogP contribution in [0.5, 0.6) is 0 Å². The molecular formula is C17H22N2O2. The molecule has 1 aromatic carbocycles. The number of nitrogens with one attached hydrogen (secondary N) is 2. The Hall–Kier alpha value is -2.23. The summed E-state index contributed by atoms with van der Waals surface area (Å²) in [6.45, 7) is 8.62. The van der Waals surface area contributed by atoms with E-state index in [9.17, 15) is 4.79 Å². The van der Waals surface area contributed by atoms with Crippen molar-refractivity contribution in [2.75, 3.05) is 5.32 Å². The summed E-state index contributed by atoms with van der Waals surface area (Å²) in [6.07, 6.45) is 0. The summed E-state index contributed by atoms with van der Waals surface area (Å²) in [5.41, 5.74) is 1.91. The Kier molecular flexibility index (Phi) is 4.36. The molecule has 0 spiro atoms. The lowest BCUT2D eigenvalue weighted by molar-refractivity contribution is 0.250. The van der Waals surface area contributed by atoms with E-state index in [4.69, 9.17) is 4.42 Å². The van der Waals surface area contributed by atoms with E-state index in [2.05, 4.69) is 31.4 Å². The molecule has 2 aromatic rings. The molecule has 0 bridgehead atoms. The molecular weight excluding hydrogens is 264 g/mol. The third kappa shape index (κ3) is 4.12. The van der Waals surface area contributed by atoms with E-state index in [1.165, 1.54) is 0 Å². The average molecular weight is 286 g/mol. The van der Waals surface area contributed by atoms with Crippen LogP contribution in [0.4, 0.5) is 10.5 Å². The van der Waals surface area contributed by atoms with Gasteiger partial charge in [-0.15, -0.1) is 0 Å². The van der Waals surface area contributed by atoms with E-state index >= 15 is 0 Å². The highest BCUT2D eigenvalue weighted by atomic mass is 16.3.